The first-order chi connectivity index (χ1) is 7.33. The van der Waals surface area contributed by atoms with Crippen LogP contribution in [0.1, 0.15) is 19.4 Å². The Hall–Kier alpha value is -1.14. The standard InChI is InChI=1S/C10H17N3O2S/c1-7(2)5-13-16(14,15)9-4-8(3)10(11)12-6-9/h4,6-7,13H,5H2,1-3H3,(H2,11,12). The smallest absolute Gasteiger partial charge is 0.242 e. The Morgan fingerprint density at radius 2 is 2.12 bits per heavy atom. The van der Waals surface area contributed by atoms with Gasteiger partial charge in [-0.25, -0.2) is 18.1 Å². The monoisotopic (exact) mass is 243 g/mol. The SMILES string of the molecule is Cc1cc(S(=O)(=O)NCC(C)C)cnc1N. The first-order valence-electron chi connectivity index (χ1n) is 5.04. The maximum atomic E-state index is 11.8. The van der Waals surface area contributed by atoms with Gasteiger partial charge in [0.1, 0.15) is 10.7 Å². The fourth-order valence-electron chi connectivity index (χ4n) is 1.07. The molecule has 0 atom stereocenters. The lowest BCUT2D eigenvalue weighted by atomic mass is 10.2. The molecular formula is C10H17N3O2S. The maximum absolute atomic E-state index is 11.8. The topological polar surface area (TPSA) is 85.1 Å². The van der Waals surface area contributed by atoms with Crippen molar-refractivity contribution in [1.82, 2.24) is 9.71 Å². The fourth-order valence-corrected chi connectivity index (χ4v) is 2.31. The molecule has 90 valence electrons. The molecule has 1 aromatic heterocycles. The normalized spacial score (nSPS) is 12.0. The minimum absolute atomic E-state index is 0.153. The van der Waals surface area contributed by atoms with Gasteiger partial charge < -0.3 is 5.73 Å². The van der Waals surface area contributed by atoms with E-state index < -0.39 is 10.0 Å². The van der Waals surface area contributed by atoms with Crippen LogP contribution in [0.2, 0.25) is 0 Å². The summed E-state index contributed by atoms with van der Waals surface area (Å²) in [5, 5.41) is 0. The van der Waals surface area contributed by atoms with Crippen molar-refractivity contribution in [1.29, 1.82) is 0 Å². The van der Waals surface area contributed by atoms with Crippen LogP contribution >= 0.6 is 0 Å². The lowest BCUT2D eigenvalue weighted by Crippen LogP contribution is -2.27. The van der Waals surface area contributed by atoms with Crippen molar-refractivity contribution >= 4 is 15.8 Å². The zero-order chi connectivity index (χ0) is 12.3. The highest BCUT2D eigenvalue weighted by atomic mass is 32.2. The van der Waals surface area contributed by atoms with Gasteiger partial charge in [-0.05, 0) is 24.5 Å². The van der Waals surface area contributed by atoms with E-state index in [1.807, 2.05) is 13.8 Å². The first kappa shape index (κ1) is 12.9. The molecule has 0 saturated carbocycles. The molecular weight excluding hydrogens is 226 g/mol. The molecule has 0 fully saturated rings. The zero-order valence-electron chi connectivity index (χ0n) is 9.69. The van der Waals surface area contributed by atoms with Crippen LogP contribution in [0.4, 0.5) is 5.82 Å². The summed E-state index contributed by atoms with van der Waals surface area (Å²) in [5.74, 6) is 0.612. The Kier molecular flexibility index (Phi) is 3.88. The molecule has 16 heavy (non-hydrogen) atoms. The zero-order valence-corrected chi connectivity index (χ0v) is 10.5. The van der Waals surface area contributed by atoms with Gasteiger partial charge in [0.25, 0.3) is 0 Å². The van der Waals surface area contributed by atoms with Crippen molar-refractivity contribution in [3.05, 3.63) is 17.8 Å². The Morgan fingerprint density at radius 3 is 2.62 bits per heavy atom. The molecule has 0 bridgehead atoms. The van der Waals surface area contributed by atoms with Crippen LogP contribution in [-0.2, 0) is 10.0 Å². The first-order valence-corrected chi connectivity index (χ1v) is 6.53. The van der Waals surface area contributed by atoms with Gasteiger partial charge in [-0.1, -0.05) is 13.8 Å². The third-order valence-corrected chi connectivity index (χ3v) is 3.48. The Morgan fingerprint density at radius 1 is 1.50 bits per heavy atom. The average molecular weight is 243 g/mol. The average Bonchev–Trinajstić information content (AvgIpc) is 2.19. The van der Waals surface area contributed by atoms with Crippen molar-refractivity contribution in [3.8, 4) is 0 Å². The van der Waals surface area contributed by atoms with E-state index in [9.17, 15) is 8.42 Å². The number of sulfonamides is 1. The lowest BCUT2D eigenvalue weighted by molar-refractivity contribution is 0.560. The Balaban J connectivity index is 2.94. The summed E-state index contributed by atoms with van der Waals surface area (Å²) >= 11 is 0. The van der Waals surface area contributed by atoms with E-state index in [-0.39, 0.29) is 10.8 Å². The molecule has 0 saturated heterocycles. The molecule has 0 aliphatic carbocycles. The Bertz CT molecular complexity index is 469. The summed E-state index contributed by atoms with van der Waals surface area (Å²) in [6.45, 7) is 6.01. The number of nitrogen functional groups attached to an aromatic ring is 1. The van der Waals surface area contributed by atoms with E-state index in [4.69, 9.17) is 5.73 Å². The van der Waals surface area contributed by atoms with Gasteiger partial charge in [-0.3, -0.25) is 0 Å². The molecule has 1 aromatic rings. The predicted octanol–water partition coefficient (Wildman–Crippen LogP) is 0.907. The second kappa shape index (κ2) is 4.80. The molecule has 0 aromatic carbocycles. The molecule has 0 amide bonds. The third-order valence-electron chi connectivity index (χ3n) is 2.09. The molecule has 0 aliphatic heterocycles. The van der Waals surface area contributed by atoms with Gasteiger partial charge in [0.05, 0.1) is 0 Å². The van der Waals surface area contributed by atoms with E-state index in [0.717, 1.165) is 0 Å². The third kappa shape index (κ3) is 3.18. The molecule has 5 nitrogen and oxygen atoms in total. The van der Waals surface area contributed by atoms with Crippen molar-refractivity contribution in [2.45, 2.75) is 25.7 Å². The van der Waals surface area contributed by atoms with E-state index in [2.05, 4.69) is 9.71 Å². The van der Waals surface area contributed by atoms with Crippen LogP contribution < -0.4 is 10.5 Å². The fraction of sp³-hybridized carbons (Fsp3) is 0.500. The van der Waals surface area contributed by atoms with Crippen LogP contribution in [0.5, 0.6) is 0 Å². The van der Waals surface area contributed by atoms with Gasteiger partial charge in [0.15, 0.2) is 0 Å². The largest absolute Gasteiger partial charge is 0.383 e. The summed E-state index contributed by atoms with van der Waals surface area (Å²) in [7, 11) is -3.46. The minimum Gasteiger partial charge on any atom is -0.383 e. The quantitative estimate of drug-likeness (QED) is 0.823. The van der Waals surface area contributed by atoms with Crippen LogP contribution in [0.15, 0.2) is 17.2 Å². The molecule has 0 aliphatic rings. The maximum Gasteiger partial charge on any atom is 0.242 e. The summed E-state index contributed by atoms with van der Waals surface area (Å²) in [5.41, 5.74) is 6.19. The van der Waals surface area contributed by atoms with Crippen LogP contribution in [-0.4, -0.2) is 19.9 Å². The number of rotatable bonds is 4. The molecule has 3 N–H and O–H groups in total. The molecule has 0 spiro atoms. The lowest BCUT2D eigenvalue weighted by Gasteiger charge is -2.09. The molecule has 1 rings (SSSR count). The minimum atomic E-state index is -3.46. The van der Waals surface area contributed by atoms with Gasteiger partial charge in [0.2, 0.25) is 10.0 Å². The second-order valence-corrected chi connectivity index (χ2v) is 5.89. The molecule has 0 unspecified atom stereocenters. The number of aromatic nitrogens is 1. The summed E-state index contributed by atoms with van der Waals surface area (Å²) in [6.07, 6.45) is 1.27. The van der Waals surface area contributed by atoms with Crippen LogP contribution in [0.3, 0.4) is 0 Å². The van der Waals surface area contributed by atoms with Crippen LogP contribution in [0, 0.1) is 12.8 Å². The number of nitrogens with zero attached hydrogens (tertiary/aromatic N) is 1. The number of hydrogen-bond donors (Lipinski definition) is 2. The van der Waals surface area contributed by atoms with Crippen molar-refractivity contribution < 1.29 is 8.42 Å². The van der Waals surface area contributed by atoms with Gasteiger partial charge >= 0.3 is 0 Å². The van der Waals surface area contributed by atoms with E-state index in [0.29, 0.717) is 17.9 Å². The van der Waals surface area contributed by atoms with E-state index >= 15 is 0 Å². The van der Waals surface area contributed by atoms with Crippen molar-refractivity contribution in [3.63, 3.8) is 0 Å². The Labute approximate surface area is 96.1 Å². The summed E-state index contributed by atoms with van der Waals surface area (Å²) in [6, 6.07) is 1.52. The highest BCUT2D eigenvalue weighted by Gasteiger charge is 2.15. The van der Waals surface area contributed by atoms with Gasteiger partial charge in [-0.15, -0.1) is 0 Å². The summed E-state index contributed by atoms with van der Waals surface area (Å²) in [4.78, 5) is 3.98. The number of pyridine rings is 1. The molecule has 0 radical (unpaired) electrons. The number of nitrogens with two attached hydrogens (primary N) is 1. The number of aryl methyl sites for hydroxylation is 1. The van der Waals surface area contributed by atoms with Crippen molar-refractivity contribution in [2.75, 3.05) is 12.3 Å². The highest BCUT2D eigenvalue weighted by molar-refractivity contribution is 7.89. The number of nitrogens with one attached hydrogen (secondary N) is 1. The van der Waals surface area contributed by atoms with Crippen LogP contribution in [0.25, 0.3) is 0 Å². The number of hydrogen-bond acceptors (Lipinski definition) is 4. The molecule has 6 heteroatoms. The predicted molar refractivity (Wildman–Crippen MR) is 63.4 cm³/mol. The number of anilines is 1. The van der Waals surface area contributed by atoms with E-state index in [1.165, 1.54) is 12.3 Å². The second-order valence-electron chi connectivity index (χ2n) is 4.12. The van der Waals surface area contributed by atoms with E-state index in [1.54, 1.807) is 6.92 Å². The van der Waals surface area contributed by atoms with Gasteiger partial charge in [0, 0.05) is 12.7 Å². The summed E-state index contributed by atoms with van der Waals surface area (Å²) < 4.78 is 26.1. The molecule has 1 heterocycles. The van der Waals surface area contributed by atoms with Crippen molar-refractivity contribution in [2.24, 2.45) is 5.92 Å². The highest BCUT2D eigenvalue weighted by Crippen LogP contribution is 2.13. The van der Waals surface area contributed by atoms with Gasteiger partial charge in [-0.2, -0.15) is 0 Å².